The SMILES string of the molecule is CC1=C(C(=O)O)CCc2c(O)cccc21. The Kier molecular flexibility index (Phi) is 2.23. The normalized spacial score (nSPS) is 15.0. The molecule has 2 rings (SSSR count). The molecule has 2 N–H and O–H groups in total. The molecule has 1 aromatic carbocycles. The Labute approximate surface area is 87.7 Å². The second-order valence-corrected chi connectivity index (χ2v) is 3.71. The fourth-order valence-electron chi connectivity index (χ4n) is 2.06. The highest BCUT2D eigenvalue weighted by atomic mass is 16.4. The van der Waals surface area contributed by atoms with Gasteiger partial charge in [0, 0.05) is 11.1 Å². The number of phenolic OH excluding ortho intramolecular Hbond substituents is 1. The lowest BCUT2D eigenvalue weighted by molar-refractivity contribution is -0.132. The number of phenols is 1. The van der Waals surface area contributed by atoms with Crippen molar-refractivity contribution < 1.29 is 15.0 Å². The molecule has 0 unspecified atom stereocenters. The minimum atomic E-state index is -0.860. The molecule has 1 aliphatic carbocycles. The summed E-state index contributed by atoms with van der Waals surface area (Å²) in [6.07, 6.45) is 1.09. The molecule has 1 aromatic rings. The fourth-order valence-corrected chi connectivity index (χ4v) is 2.06. The largest absolute Gasteiger partial charge is 0.508 e. The molecule has 0 spiro atoms. The number of allylic oxidation sites excluding steroid dienone is 1. The summed E-state index contributed by atoms with van der Waals surface area (Å²) in [6, 6.07) is 5.23. The van der Waals surface area contributed by atoms with Gasteiger partial charge in [0.15, 0.2) is 0 Å². The highest BCUT2D eigenvalue weighted by Gasteiger charge is 2.21. The van der Waals surface area contributed by atoms with Crippen molar-refractivity contribution in [2.75, 3.05) is 0 Å². The predicted octanol–water partition coefficient (Wildman–Crippen LogP) is 2.20. The molecule has 3 nitrogen and oxygen atoms in total. The van der Waals surface area contributed by atoms with E-state index < -0.39 is 5.97 Å². The lowest BCUT2D eigenvalue weighted by Gasteiger charge is -2.19. The highest BCUT2D eigenvalue weighted by Crippen LogP contribution is 2.35. The Hall–Kier alpha value is -1.77. The van der Waals surface area contributed by atoms with Gasteiger partial charge in [0.25, 0.3) is 0 Å². The number of rotatable bonds is 1. The molecule has 0 amide bonds. The van der Waals surface area contributed by atoms with Crippen LogP contribution in [0.5, 0.6) is 5.75 Å². The second-order valence-electron chi connectivity index (χ2n) is 3.71. The molecule has 3 heteroatoms. The number of fused-ring (bicyclic) bond motifs is 1. The Balaban J connectivity index is 2.62. The van der Waals surface area contributed by atoms with Gasteiger partial charge in [0.2, 0.25) is 0 Å². The number of aromatic hydroxyl groups is 1. The maximum atomic E-state index is 10.9. The summed E-state index contributed by atoms with van der Waals surface area (Å²) in [5, 5.41) is 18.6. The van der Waals surface area contributed by atoms with Crippen LogP contribution in [-0.4, -0.2) is 16.2 Å². The lowest BCUT2D eigenvalue weighted by Crippen LogP contribution is -2.10. The number of hydrogen-bond acceptors (Lipinski definition) is 2. The Bertz CT molecular complexity index is 458. The number of carboxylic acid groups (broad SMARTS) is 1. The number of aliphatic carboxylic acids is 1. The van der Waals surface area contributed by atoms with Crippen LogP contribution in [0.1, 0.15) is 24.5 Å². The third kappa shape index (κ3) is 1.50. The number of benzene rings is 1. The van der Waals surface area contributed by atoms with Gasteiger partial charge in [-0.15, -0.1) is 0 Å². The molecule has 0 saturated heterocycles. The van der Waals surface area contributed by atoms with Gasteiger partial charge in [-0.05, 0) is 37.0 Å². The van der Waals surface area contributed by atoms with E-state index in [4.69, 9.17) is 5.11 Å². The molecule has 0 saturated carbocycles. The van der Waals surface area contributed by atoms with Gasteiger partial charge in [-0.1, -0.05) is 12.1 Å². The fraction of sp³-hybridized carbons (Fsp3) is 0.250. The first-order valence-electron chi connectivity index (χ1n) is 4.85. The van der Waals surface area contributed by atoms with Crippen molar-refractivity contribution in [3.63, 3.8) is 0 Å². The van der Waals surface area contributed by atoms with Gasteiger partial charge in [-0.2, -0.15) is 0 Å². The summed E-state index contributed by atoms with van der Waals surface area (Å²) in [5.74, 6) is -0.599. The number of carboxylic acids is 1. The van der Waals surface area contributed by atoms with Crippen LogP contribution < -0.4 is 0 Å². The van der Waals surface area contributed by atoms with E-state index in [2.05, 4.69) is 0 Å². The number of carbonyl (C=O) groups is 1. The highest BCUT2D eigenvalue weighted by molar-refractivity contribution is 5.97. The quantitative estimate of drug-likeness (QED) is 0.737. The average Bonchev–Trinajstić information content (AvgIpc) is 2.19. The van der Waals surface area contributed by atoms with E-state index in [-0.39, 0.29) is 5.75 Å². The minimum Gasteiger partial charge on any atom is -0.508 e. The third-order valence-corrected chi connectivity index (χ3v) is 2.89. The Morgan fingerprint density at radius 2 is 2.07 bits per heavy atom. The van der Waals surface area contributed by atoms with Crippen molar-refractivity contribution in [2.24, 2.45) is 0 Å². The van der Waals surface area contributed by atoms with Crippen LogP contribution in [0.2, 0.25) is 0 Å². The van der Waals surface area contributed by atoms with Crippen molar-refractivity contribution in [1.29, 1.82) is 0 Å². The van der Waals surface area contributed by atoms with Crippen molar-refractivity contribution in [3.05, 3.63) is 34.9 Å². The molecule has 0 atom stereocenters. The molecule has 1 aliphatic rings. The van der Waals surface area contributed by atoms with Crippen LogP contribution in [0.15, 0.2) is 23.8 Å². The first-order valence-corrected chi connectivity index (χ1v) is 4.85. The topological polar surface area (TPSA) is 57.5 Å². The summed E-state index contributed by atoms with van der Waals surface area (Å²) in [5.41, 5.74) is 2.94. The molecule has 0 heterocycles. The molecule has 15 heavy (non-hydrogen) atoms. The van der Waals surface area contributed by atoms with Gasteiger partial charge >= 0.3 is 5.97 Å². The summed E-state index contributed by atoms with van der Waals surface area (Å²) in [6.45, 7) is 1.79. The van der Waals surface area contributed by atoms with Crippen LogP contribution in [-0.2, 0) is 11.2 Å². The molecule has 0 aliphatic heterocycles. The van der Waals surface area contributed by atoms with Crippen LogP contribution >= 0.6 is 0 Å². The van der Waals surface area contributed by atoms with E-state index in [0.717, 1.165) is 16.7 Å². The van der Waals surface area contributed by atoms with Crippen LogP contribution in [0.4, 0.5) is 0 Å². The molecular weight excluding hydrogens is 192 g/mol. The standard InChI is InChI=1S/C12H12O3/c1-7-8-3-2-4-11(13)10(8)6-5-9(7)12(14)15/h2-4,13H,5-6H2,1H3,(H,14,15). The van der Waals surface area contributed by atoms with Gasteiger partial charge in [-0.25, -0.2) is 4.79 Å². The van der Waals surface area contributed by atoms with Crippen molar-refractivity contribution in [1.82, 2.24) is 0 Å². The van der Waals surface area contributed by atoms with Gasteiger partial charge in [0.1, 0.15) is 5.75 Å². The molecule has 0 fully saturated rings. The first kappa shape index (κ1) is 9.77. The van der Waals surface area contributed by atoms with Crippen molar-refractivity contribution in [3.8, 4) is 5.75 Å². The zero-order chi connectivity index (χ0) is 11.0. The Morgan fingerprint density at radius 3 is 2.73 bits per heavy atom. The van der Waals surface area contributed by atoms with E-state index in [1.807, 2.05) is 6.07 Å². The first-order chi connectivity index (χ1) is 7.11. The molecule has 0 radical (unpaired) electrons. The van der Waals surface area contributed by atoms with E-state index >= 15 is 0 Å². The summed E-state index contributed by atoms with van der Waals surface area (Å²) >= 11 is 0. The molecule has 0 aromatic heterocycles. The maximum absolute atomic E-state index is 10.9. The van der Waals surface area contributed by atoms with Gasteiger partial charge < -0.3 is 10.2 Å². The predicted molar refractivity (Wildman–Crippen MR) is 56.7 cm³/mol. The van der Waals surface area contributed by atoms with E-state index in [9.17, 15) is 9.90 Å². The third-order valence-electron chi connectivity index (χ3n) is 2.89. The smallest absolute Gasteiger partial charge is 0.331 e. The summed E-state index contributed by atoms with van der Waals surface area (Å²) in [4.78, 5) is 10.9. The van der Waals surface area contributed by atoms with Crippen LogP contribution in [0.3, 0.4) is 0 Å². The molecule has 0 bridgehead atoms. The zero-order valence-corrected chi connectivity index (χ0v) is 8.45. The summed E-state index contributed by atoms with van der Waals surface area (Å²) in [7, 11) is 0. The van der Waals surface area contributed by atoms with Crippen molar-refractivity contribution in [2.45, 2.75) is 19.8 Å². The maximum Gasteiger partial charge on any atom is 0.331 e. The Morgan fingerprint density at radius 1 is 1.33 bits per heavy atom. The van der Waals surface area contributed by atoms with Crippen molar-refractivity contribution >= 4 is 11.5 Å². The van der Waals surface area contributed by atoms with Gasteiger partial charge in [-0.3, -0.25) is 0 Å². The van der Waals surface area contributed by atoms with E-state index in [0.29, 0.717) is 18.4 Å². The van der Waals surface area contributed by atoms with Gasteiger partial charge in [0.05, 0.1) is 0 Å². The molecular formula is C12H12O3. The number of hydrogen-bond donors (Lipinski definition) is 2. The lowest BCUT2D eigenvalue weighted by atomic mass is 9.86. The average molecular weight is 204 g/mol. The minimum absolute atomic E-state index is 0.260. The zero-order valence-electron chi connectivity index (χ0n) is 8.45. The van der Waals surface area contributed by atoms with Crippen LogP contribution in [0.25, 0.3) is 5.57 Å². The monoisotopic (exact) mass is 204 g/mol. The van der Waals surface area contributed by atoms with Crippen LogP contribution in [0, 0.1) is 0 Å². The molecule has 78 valence electrons. The van der Waals surface area contributed by atoms with E-state index in [1.54, 1.807) is 19.1 Å². The second kappa shape index (κ2) is 3.42. The van der Waals surface area contributed by atoms with E-state index in [1.165, 1.54) is 0 Å². The summed E-state index contributed by atoms with van der Waals surface area (Å²) < 4.78 is 0.